The van der Waals surface area contributed by atoms with Crippen LogP contribution in [0.4, 0.5) is 21.5 Å². The SMILES string of the molecule is N#Cc1cc(N(c2ccccc2)c2cccc3ccccc23)cc(C#N)c1F. The van der Waals surface area contributed by atoms with Crippen LogP contribution in [0.15, 0.2) is 84.9 Å². The number of rotatable bonds is 3. The minimum Gasteiger partial charge on any atom is -0.310 e. The standard InChI is InChI=1S/C24H14FN3/c25-24-18(15-26)13-21(14-19(24)16-27)28(20-9-2-1-3-10-20)23-12-6-8-17-7-4-5-11-22(17)23/h1-14H. The molecule has 0 atom stereocenters. The Morgan fingerprint density at radius 2 is 1.29 bits per heavy atom. The van der Waals surface area contributed by atoms with Crippen LogP contribution in [0.3, 0.4) is 0 Å². The summed E-state index contributed by atoms with van der Waals surface area (Å²) in [5, 5.41) is 20.7. The molecule has 0 aliphatic carbocycles. The van der Waals surface area contributed by atoms with E-state index in [0.717, 1.165) is 22.1 Å². The van der Waals surface area contributed by atoms with E-state index in [1.54, 1.807) is 0 Å². The first-order valence-electron chi connectivity index (χ1n) is 8.69. The fourth-order valence-corrected chi connectivity index (χ4v) is 3.31. The lowest BCUT2D eigenvalue weighted by atomic mass is 10.0. The second-order valence-electron chi connectivity index (χ2n) is 6.25. The molecule has 0 saturated carbocycles. The molecule has 0 amide bonds. The third-order valence-corrected chi connectivity index (χ3v) is 4.58. The van der Waals surface area contributed by atoms with Crippen molar-refractivity contribution < 1.29 is 4.39 Å². The molecule has 4 aromatic rings. The molecule has 0 saturated heterocycles. The van der Waals surface area contributed by atoms with Crippen molar-refractivity contribution in [1.29, 1.82) is 10.5 Å². The lowest BCUT2D eigenvalue weighted by molar-refractivity contribution is 0.620. The Kier molecular flexibility index (Phi) is 4.46. The van der Waals surface area contributed by atoms with Gasteiger partial charge in [-0.05, 0) is 35.7 Å². The summed E-state index contributed by atoms with van der Waals surface area (Å²) in [5.74, 6) is -0.792. The molecule has 0 unspecified atom stereocenters. The van der Waals surface area contributed by atoms with E-state index in [-0.39, 0.29) is 11.1 Å². The molecule has 0 spiro atoms. The number of halogens is 1. The molecule has 4 rings (SSSR count). The number of hydrogen-bond acceptors (Lipinski definition) is 3. The topological polar surface area (TPSA) is 50.8 Å². The Balaban J connectivity index is 2.04. The summed E-state index contributed by atoms with van der Waals surface area (Å²) >= 11 is 0. The first kappa shape index (κ1) is 17.3. The monoisotopic (exact) mass is 363 g/mol. The number of para-hydroxylation sites is 1. The average molecular weight is 363 g/mol. The minimum absolute atomic E-state index is 0.157. The second kappa shape index (κ2) is 7.23. The van der Waals surface area contributed by atoms with Crippen molar-refractivity contribution in [2.75, 3.05) is 4.90 Å². The van der Waals surface area contributed by atoms with E-state index in [4.69, 9.17) is 0 Å². The van der Waals surface area contributed by atoms with Gasteiger partial charge in [0.05, 0.1) is 16.8 Å². The molecule has 4 aromatic carbocycles. The van der Waals surface area contributed by atoms with Crippen molar-refractivity contribution >= 4 is 27.8 Å². The highest BCUT2D eigenvalue weighted by molar-refractivity contribution is 5.99. The number of anilines is 3. The van der Waals surface area contributed by atoms with Crippen LogP contribution in [-0.4, -0.2) is 0 Å². The van der Waals surface area contributed by atoms with Crippen LogP contribution in [0.25, 0.3) is 10.8 Å². The van der Waals surface area contributed by atoms with Gasteiger partial charge < -0.3 is 4.90 Å². The Morgan fingerprint density at radius 1 is 0.679 bits per heavy atom. The molecule has 0 radical (unpaired) electrons. The van der Waals surface area contributed by atoms with Gasteiger partial charge in [0.2, 0.25) is 0 Å². The number of fused-ring (bicyclic) bond motifs is 1. The van der Waals surface area contributed by atoms with Crippen LogP contribution in [0.1, 0.15) is 11.1 Å². The van der Waals surface area contributed by atoms with Gasteiger partial charge in [-0.25, -0.2) is 4.39 Å². The summed E-state index contributed by atoms with van der Waals surface area (Å²) in [6.07, 6.45) is 0. The van der Waals surface area contributed by atoms with Crippen LogP contribution in [0, 0.1) is 28.5 Å². The molecule has 0 aliphatic rings. The third kappa shape index (κ3) is 2.94. The molecule has 28 heavy (non-hydrogen) atoms. The van der Waals surface area contributed by atoms with Gasteiger partial charge >= 0.3 is 0 Å². The molecule has 0 aromatic heterocycles. The summed E-state index contributed by atoms with van der Waals surface area (Å²) in [6.45, 7) is 0. The molecule has 0 heterocycles. The smallest absolute Gasteiger partial charge is 0.158 e. The maximum absolute atomic E-state index is 14.3. The number of benzene rings is 4. The highest BCUT2D eigenvalue weighted by Gasteiger charge is 2.19. The van der Waals surface area contributed by atoms with E-state index in [9.17, 15) is 14.9 Å². The Labute approximate surface area is 162 Å². The van der Waals surface area contributed by atoms with Crippen molar-refractivity contribution in [3.63, 3.8) is 0 Å². The number of nitriles is 2. The van der Waals surface area contributed by atoms with Gasteiger partial charge in [-0.2, -0.15) is 10.5 Å². The first-order chi connectivity index (χ1) is 13.7. The Hall–Kier alpha value is -4.15. The number of nitrogens with zero attached hydrogens (tertiary/aromatic N) is 3. The maximum Gasteiger partial charge on any atom is 0.158 e. The molecule has 3 nitrogen and oxygen atoms in total. The minimum atomic E-state index is -0.792. The van der Waals surface area contributed by atoms with Crippen molar-refractivity contribution in [2.45, 2.75) is 0 Å². The summed E-state index contributed by atoms with van der Waals surface area (Å²) in [5.41, 5.74) is 1.96. The van der Waals surface area contributed by atoms with Crippen molar-refractivity contribution in [3.8, 4) is 12.1 Å². The summed E-state index contributed by atoms with van der Waals surface area (Å²) in [6, 6.07) is 30.2. The maximum atomic E-state index is 14.3. The van der Waals surface area contributed by atoms with Crippen LogP contribution >= 0.6 is 0 Å². The van der Waals surface area contributed by atoms with Crippen LogP contribution in [-0.2, 0) is 0 Å². The highest BCUT2D eigenvalue weighted by Crippen LogP contribution is 2.39. The molecular weight excluding hydrogens is 349 g/mol. The summed E-state index contributed by atoms with van der Waals surface area (Å²) in [4.78, 5) is 1.93. The van der Waals surface area contributed by atoms with E-state index in [0.29, 0.717) is 5.69 Å². The Morgan fingerprint density at radius 3 is 1.96 bits per heavy atom. The van der Waals surface area contributed by atoms with Crippen molar-refractivity contribution in [2.24, 2.45) is 0 Å². The molecule has 0 N–H and O–H groups in total. The van der Waals surface area contributed by atoms with Crippen LogP contribution in [0.5, 0.6) is 0 Å². The van der Waals surface area contributed by atoms with Gasteiger partial charge in [-0.15, -0.1) is 0 Å². The van der Waals surface area contributed by atoms with E-state index in [2.05, 4.69) is 0 Å². The zero-order valence-electron chi connectivity index (χ0n) is 14.8. The Bertz CT molecular complexity index is 1210. The van der Waals surface area contributed by atoms with Crippen LogP contribution in [0.2, 0.25) is 0 Å². The zero-order chi connectivity index (χ0) is 19.5. The van der Waals surface area contributed by atoms with Crippen LogP contribution < -0.4 is 4.90 Å². The molecule has 0 bridgehead atoms. The summed E-state index contributed by atoms with van der Waals surface area (Å²) in [7, 11) is 0. The number of hydrogen-bond donors (Lipinski definition) is 0. The van der Waals surface area contributed by atoms with Crippen molar-refractivity contribution in [1.82, 2.24) is 0 Å². The predicted octanol–water partition coefficient (Wildman–Crippen LogP) is 6.19. The van der Waals surface area contributed by atoms with Crippen molar-refractivity contribution in [3.05, 3.63) is 102 Å². The summed E-state index contributed by atoms with van der Waals surface area (Å²) < 4.78 is 14.3. The van der Waals surface area contributed by atoms with Gasteiger partial charge in [-0.3, -0.25) is 0 Å². The second-order valence-corrected chi connectivity index (χ2v) is 6.25. The fraction of sp³-hybridized carbons (Fsp3) is 0. The average Bonchev–Trinajstić information content (AvgIpc) is 2.75. The largest absolute Gasteiger partial charge is 0.310 e. The molecule has 0 fully saturated rings. The lowest BCUT2D eigenvalue weighted by Gasteiger charge is -2.27. The van der Waals surface area contributed by atoms with E-state index in [1.165, 1.54) is 12.1 Å². The van der Waals surface area contributed by atoms with E-state index < -0.39 is 5.82 Å². The van der Waals surface area contributed by atoms with E-state index in [1.807, 2.05) is 89.8 Å². The normalized spacial score (nSPS) is 10.2. The predicted molar refractivity (Wildman–Crippen MR) is 108 cm³/mol. The highest BCUT2D eigenvalue weighted by atomic mass is 19.1. The first-order valence-corrected chi connectivity index (χ1v) is 8.69. The fourth-order valence-electron chi connectivity index (χ4n) is 3.31. The van der Waals surface area contributed by atoms with Gasteiger partial charge in [0.15, 0.2) is 5.82 Å². The van der Waals surface area contributed by atoms with Gasteiger partial charge in [-0.1, -0.05) is 54.6 Å². The third-order valence-electron chi connectivity index (χ3n) is 4.58. The zero-order valence-corrected chi connectivity index (χ0v) is 14.8. The van der Waals surface area contributed by atoms with E-state index >= 15 is 0 Å². The molecule has 4 heteroatoms. The van der Waals surface area contributed by atoms with Gasteiger partial charge in [0, 0.05) is 16.8 Å². The molecule has 132 valence electrons. The molecular formula is C24H14FN3. The van der Waals surface area contributed by atoms with Gasteiger partial charge in [0.1, 0.15) is 12.1 Å². The molecule has 0 aliphatic heterocycles. The quantitative estimate of drug-likeness (QED) is 0.436. The van der Waals surface area contributed by atoms with Gasteiger partial charge in [0.25, 0.3) is 0 Å². The lowest BCUT2D eigenvalue weighted by Crippen LogP contribution is -2.11.